The van der Waals surface area contributed by atoms with Gasteiger partial charge in [0.25, 0.3) is 0 Å². The minimum absolute atomic E-state index is 0.592. The summed E-state index contributed by atoms with van der Waals surface area (Å²) >= 11 is 0. The molecule has 2 fully saturated rings. The van der Waals surface area contributed by atoms with Crippen molar-refractivity contribution < 1.29 is 9.15 Å². The van der Waals surface area contributed by atoms with E-state index in [1.165, 1.54) is 12.8 Å². The largest absolute Gasteiger partial charge is 0.469 e. The van der Waals surface area contributed by atoms with E-state index in [0.717, 1.165) is 64.0 Å². The van der Waals surface area contributed by atoms with Crippen molar-refractivity contribution in [1.82, 2.24) is 10.2 Å². The molecule has 21 heavy (non-hydrogen) atoms. The van der Waals surface area contributed by atoms with Crippen LogP contribution in [0.4, 0.5) is 0 Å². The molecule has 1 atom stereocenters. The first-order chi connectivity index (χ1) is 10.4. The lowest BCUT2D eigenvalue weighted by Gasteiger charge is -2.21. The van der Waals surface area contributed by atoms with Crippen LogP contribution in [0.15, 0.2) is 27.8 Å². The van der Waals surface area contributed by atoms with Gasteiger partial charge in [-0.25, -0.2) is 0 Å². The van der Waals surface area contributed by atoms with Crippen molar-refractivity contribution in [3.63, 3.8) is 0 Å². The Morgan fingerprint density at radius 1 is 1.38 bits per heavy atom. The van der Waals surface area contributed by atoms with E-state index in [0.29, 0.717) is 5.92 Å². The first kappa shape index (κ1) is 14.4. The highest BCUT2D eigenvalue weighted by molar-refractivity contribution is 5.80. The molecule has 2 aliphatic rings. The van der Waals surface area contributed by atoms with Crippen molar-refractivity contribution in [2.75, 3.05) is 39.4 Å². The van der Waals surface area contributed by atoms with E-state index in [4.69, 9.17) is 14.1 Å². The molecule has 0 spiro atoms. The maximum absolute atomic E-state index is 5.43. The second kappa shape index (κ2) is 7.50. The molecule has 1 aromatic rings. The van der Waals surface area contributed by atoms with Gasteiger partial charge in [-0.3, -0.25) is 4.99 Å². The zero-order chi connectivity index (χ0) is 14.3. The second-order valence-corrected chi connectivity index (χ2v) is 5.84. The van der Waals surface area contributed by atoms with E-state index in [-0.39, 0.29) is 0 Å². The number of ether oxygens (including phenoxy) is 1. The van der Waals surface area contributed by atoms with Crippen LogP contribution in [0, 0.1) is 5.92 Å². The molecule has 0 saturated carbocycles. The molecule has 5 heteroatoms. The lowest BCUT2D eigenvalue weighted by molar-refractivity contribution is 0.187. The summed E-state index contributed by atoms with van der Waals surface area (Å²) in [7, 11) is 0. The van der Waals surface area contributed by atoms with Crippen molar-refractivity contribution >= 4 is 5.96 Å². The Morgan fingerprint density at radius 3 is 3.00 bits per heavy atom. The fourth-order valence-corrected chi connectivity index (χ4v) is 2.89. The van der Waals surface area contributed by atoms with E-state index in [2.05, 4.69) is 10.2 Å². The average molecular weight is 291 g/mol. The van der Waals surface area contributed by atoms with Gasteiger partial charge < -0.3 is 19.4 Å². The van der Waals surface area contributed by atoms with Gasteiger partial charge in [-0.05, 0) is 31.4 Å². The van der Waals surface area contributed by atoms with Crippen LogP contribution in [0.25, 0.3) is 0 Å². The zero-order valence-electron chi connectivity index (χ0n) is 12.6. The number of furan rings is 1. The second-order valence-electron chi connectivity index (χ2n) is 5.84. The van der Waals surface area contributed by atoms with Crippen LogP contribution in [0.3, 0.4) is 0 Å². The highest BCUT2D eigenvalue weighted by Gasteiger charge is 2.19. The first-order valence-corrected chi connectivity index (χ1v) is 8.05. The fourth-order valence-electron chi connectivity index (χ4n) is 2.89. The molecule has 1 aromatic heterocycles. The Hall–Kier alpha value is -1.49. The molecule has 3 heterocycles. The molecule has 0 aromatic carbocycles. The number of likely N-dealkylation sites (tertiary alicyclic amines) is 1. The average Bonchev–Trinajstić information content (AvgIpc) is 3.25. The number of rotatable bonds is 5. The zero-order valence-corrected chi connectivity index (χ0v) is 12.6. The van der Waals surface area contributed by atoms with Crippen LogP contribution >= 0.6 is 0 Å². The van der Waals surface area contributed by atoms with E-state index >= 15 is 0 Å². The SMILES string of the molecule is c1coc(CCNC(=NCC2CCOC2)N2CCCC2)c1. The quantitative estimate of drug-likeness (QED) is 0.665. The van der Waals surface area contributed by atoms with Crippen LogP contribution < -0.4 is 5.32 Å². The van der Waals surface area contributed by atoms with Crippen molar-refractivity contribution in [2.45, 2.75) is 25.7 Å². The smallest absolute Gasteiger partial charge is 0.193 e. The predicted molar refractivity (Wildman–Crippen MR) is 82.4 cm³/mol. The summed E-state index contributed by atoms with van der Waals surface area (Å²) in [5.74, 6) is 2.67. The number of hydrogen-bond donors (Lipinski definition) is 1. The molecule has 0 radical (unpaired) electrons. The summed E-state index contributed by atoms with van der Waals surface area (Å²) in [5, 5.41) is 3.50. The molecule has 116 valence electrons. The van der Waals surface area contributed by atoms with Gasteiger partial charge in [0.1, 0.15) is 5.76 Å². The third kappa shape index (κ3) is 4.24. The van der Waals surface area contributed by atoms with Crippen molar-refractivity contribution in [3.05, 3.63) is 24.2 Å². The van der Waals surface area contributed by atoms with Gasteiger partial charge in [-0.1, -0.05) is 0 Å². The molecule has 2 aliphatic heterocycles. The number of nitrogens with zero attached hydrogens (tertiary/aromatic N) is 2. The Labute approximate surface area is 126 Å². The number of aliphatic imine (C=N–C) groups is 1. The van der Waals surface area contributed by atoms with Crippen molar-refractivity contribution in [2.24, 2.45) is 10.9 Å². The van der Waals surface area contributed by atoms with Gasteiger partial charge in [0.05, 0.1) is 12.9 Å². The molecular weight excluding hydrogens is 266 g/mol. The summed E-state index contributed by atoms with van der Waals surface area (Å²) in [5.41, 5.74) is 0. The standard InChI is InChI=1S/C16H25N3O2/c1-2-9-19(8-1)16(18-12-14-6-11-20-13-14)17-7-5-15-4-3-10-21-15/h3-4,10,14H,1-2,5-9,11-13H2,(H,17,18). The highest BCUT2D eigenvalue weighted by Crippen LogP contribution is 2.13. The summed E-state index contributed by atoms with van der Waals surface area (Å²) in [6.45, 7) is 5.74. The number of hydrogen-bond acceptors (Lipinski definition) is 3. The summed E-state index contributed by atoms with van der Waals surface area (Å²) in [4.78, 5) is 7.20. The molecule has 5 nitrogen and oxygen atoms in total. The van der Waals surface area contributed by atoms with Gasteiger partial charge >= 0.3 is 0 Å². The predicted octanol–water partition coefficient (Wildman–Crippen LogP) is 1.90. The monoisotopic (exact) mass is 291 g/mol. The van der Waals surface area contributed by atoms with Crippen LogP contribution in [0.2, 0.25) is 0 Å². The Bertz CT molecular complexity index is 432. The van der Waals surface area contributed by atoms with E-state index in [9.17, 15) is 0 Å². The van der Waals surface area contributed by atoms with E-state index in [1.54, 1.807) is 6.26 Å². The van der Waals surface area contributed by atoms with Crippen molar-refractivity contribution in [3.8, 4) is 0 Å². The molecule has 1 N–H and O–H groups in total. The van der Waals surface area contributed by atoms with E-state index < -0.39 is 0 Å². The van der Waals surface area contributed by atoms with Gasteiger partial charge in [-0.2, -0.15) is 0 Å². The maximum Gasteiger partial charge on any atom is 0.193 e. The minimum Gasteiger partial charge on any atom is -0.469 e. The maximum atomic E-state index is 5.43. The third-order valence-corrected chi connectivity index (χ3v) is 4.16. The van der Waals surface area contributed by atoms with Crippen LogP contribution in [0.1, 0.15) is 25.0 Å². The lowest BCUT2D eigenvalue weighted by Crippen LogP contribution is -2.41. The lowest BCUT2D eigenvalue weighted by atomic mass is 10.1. The van der Waals surface area contributed by atoms with Gasteiger partial charge in [0, 0.05) is 45.1 Å². The fraction of sp³-hybridized carbons (Fsp3) is 0.688. The van der Waals surface area contributed by atoms with Gasteiger partial charge in [0.2, 0.25) is 0 Å². The molecule has 0 aliphatic carbocycles. The Kier molecular flexibility index (Phi) is 5.16. The minimum atomic E-state index is 0.592. The molecule has 0 bridgehead atoms. The molecule has 0 amide bonds. The van der Waals surface area contributed by atoms with E-state index in [1.807, 2.05) is 12.1 Å². The number of nitrogens with one attached hydrogen (secondary N) is 1. The van der Waals surface area contributed by atoms with Gasteiger partial charge in [0.15, 0.2) is 5.96 Å². The summed E-state index contributed by atoms with van der Waals surface area (Å²) in [6.07, 6.45) is 6.30. The van der Waals surface area contributed by atoms with Crippen LogP contribution in [-0.4, -0.2) is 50.3 Å². The normalized spacial score (nSPS) is 23.0. The molecule has 2 saturated heterocycles. The van der Waals surface area contributed by atoms with Crippen LogP contribution in [0.5, 0.6) is 0 Å². The topological polar surface area (TPSA) is 50.0 Å². The van der Waals surface area contributed by atoms with Crippen LogP contribution in [-0.2, 0) is 11.2 Å². The summed E-state index contributed by atoms with van der Waals surface area (Å²) < 4.78 is 10.8. The summed E-state index contributed by atoms with van der Waals surface area (Å²) in [6, 6.07) is 3.95. The van der Waals surface area contributed by atoms with Crippen molar-refractivity contribution in [1.29, 1.82) is 0 Å². The number of guanidine groups is 1. The molecular formula is C16H25N3O2. The van der Waals surface area contributed by atoms with Gasteiger partial charge in [-0.15, -0.1) is 0 Å². The first-order valence-electron chi connectivity index (χ1n) is 8.05. The molecule has 1 unspecified atom stereocenters. The Morgan fingerprint density at radius 2 is 2.29 bits per heavy atom. The highest BCUT2D eigenvalue weighted by atomic mass is 16.5. The third-order valence-electron chi connectivity index (χ3n) is 4.16. The Balaban J connectivity index is 1.51. The molecule has 3 rings (SSSR count).